The van der Waals surface area contributed by atoms with Gasteiger partial charge in [0.15, 0.2) is 0 Å². The molecule has 0 saturated carbocycles. The first-order chi connectivity index (χ1) is 12.0. The van der Waals surface area contributed by atoms with Crippen LogP contribution in [0.25, 0.3) is 0 Å². The molecule has 2 N–H and O–H groups in total. The molecular weight excluding hydrogens is 328 g/mol. The maximum absolute atomic E-state index is 11.9. The standard InChI is InChI=1S/C22H34O4/c1-13(2)9-15(5)11-17-7-8-18(21(23)24)20(22(25)26)19(17)12-16(6)10-14(3)4/h7-8,13-16H,9-12H2,1-6H3,(H,23,24)(H,25,26). The van der Waals surface area contributed by atoms with Crippen LogP contribution in [0.5, 0.6) is 0 Å². The first-order valence-corrected chi connectivity index (χ1v) is 9.64. The first kappa shape index (κ1) is 22.2. The van der Waals surface area contributed by atoms with Gasteiger partial charge in [0.25, 0.3) is 0 Å². The number of benzene rings is 1. The zero-order valence-corrected chi connectivity index (χ0v) is 17.0. The second-order valence-electron chi connectivity index (χ2n) is 8.61. The van der Waals surface area contributed by atoms with Crippen molar-refractivity contribution in [2.24, 2.45) is 23.7 Å². The van der Waals surface area contributed by atoms with Gasteiger partial charge in [-0.1, -0.05) is 47.6 Å². The molecule has 1 rings (SSSR count). The molecule has 0 saturated heterocycles. The number of aromatic carboxylic acids is 2. The minimum Gasteiger partial charge on any atom is -0.478 e. The van der Waals surface area contributed by atoms with E-state index >= 15 is 0 Å². The Labute approximate surface area is 157 Å². The lowest BCUT2D eigenvalue weighted by molar-refractivity contribution is 0.0650. The molecule has 0 aliphatic rings. The molecule has 0 aromatic heterocycles. The zero-order chi connectivity index (χ0) is 20.0. The first-order valence-electron chi connectivity index (χ1n) is 9.64. The Morgan fingerprint density at radius 2 is 1.31 bits per heavy atom. The van der Waals surface area contributed by atoms with Gasteiger partial charge in [-0.25, -0.2) is 9.59 Å². The van der Waals surface area contributed by atoms with E-state index in [1.54, 1.807) is 0 Å². The summed E-state index contributed by atoms with van der Waals surface area (Å²) >= 11 is 0. The van der Waals surface area contributed by atoms with E-state index in [0.29, 0.717) is 35.7 Å². The Morgan fingerprint density at radius 3 is 1.73 bits per heavy atom. The Bertz CT molecular complexity index is 631. The Balaban J connectivity index is 3.36. The number of carbonyl (C=O) groups is 2. The van der Waals surface area contributed by atoms with Crippen molar-refractivity contribution in [3.63, 3.8) is 0 Å². The van der Waals surface area contributed by atoms with Crippen LogP contribution in [-0.4, -0.2) is 22.2 Å². The van der Waals surface area contributed by atoms with Gasteiger partial charge < -0.3 is 10.2 Å². The summed E-state index contributed by atoms with van der Waals surface area (Å²) in [6, 6.07) is 3.28. The molecule has 0 fully saturated rings. The van der Waals surface area contributed by atoms with Gasteiger partial charge in [-0.15, -0.1) is 0 Å². The van der Waals surface area contributed by atoms with E-state index in [4.69, 9.17) is 0 Å². The van der Waals surface area contributed by atoms with Crippen LogP contribution in [0.2, 0.25) is 0 Å². The summed E-state index contributed by atoms with van der Waals surface area (Å²) in [5, 5.41) is 19.2. The molecule has 4 heteroatoms. The molecule has 0 aliphatic heterocycles. The van der Waals surface area contributed by atoms with Crippen LogP contribution in [0.3, 0.4) is 0 Å². The molecule has 1 aromatic carbocycles. The minimum absolute atomic E-state index is 0.0256. The van der Waals surface area contributed by atoms with E-state index in [-0.39, 0.29) is 11.1 Å². The summed E-state index contributed by atoms with van der Waals surface area (Å²) in [5.74, 6) is -0.507. The number of hydrogen-bond acceptors (Lipinski definition) is 2. The van der Waals surface area contributed by atoms with Gasteiger partial charge in [-0.3, -0.25) is 0 Å². The van der Waals surface area contributed by atoms with Crippen LogP contribution in [0, 0.1) is 23.7 Å². The van der Waals surface area contributed by atoms with Crippen molar-refractivity contribution in [3.8, 4) is 0 Å². The van der Waals surface area contributed by atoms with E-state index < -0.39 is 11.9 Å². The molecule has 2 atom stereocenters. The monoisotopic (exact) mass is 362 g/mol. The van der Waals surface area contributed by atoms with E-state index in [2.05, 4.69) is 41.5 Å². The van der Waals surface area contributed by atoms with Crippen LogP contribution in [0.4, 0.5) is 0 Å². The number of carboxylic acids is 2. The molecule has 26 heavy (non-hydrogen) atoms. The average Bonchev–Trinajstić information content (AvgIpc) is 2.46. The molecule has 0 bridgehead atoms. The lowest BCUT2D eigenvalue weighted by atomic mass is 9.83. The van der Waals surface area contributed by atoms with E-state index in [1.165, 1.54) is 6.07 Å². The highest BCUT2D eigenvalue weighted by Gasteiger charge is 2.25. The number of hydrogen-bond donors (Lipinski definition) is 2. The third kappa shape index (κ3) is 6.47. The van der Waals surface area contributed by atoms with Crippen molar-refractivity contribution in [2.75, 3.05) is 0 Å². The van der Waals surface area contributed by atoms with Gasteiger partial charge in [0.2, 0.25) is 0 Å². The van der Waals surface area contributed by atoms with Gasteiger partial charge in [0, 0.05) is 0 Å². The van der Waals surface area contributed by atoms with Crippen molar-refractivity contribution in [2.45, 2.75) is 67.2 Å². The summed E-state index contributed by atoms with van der Waals surface area (Å²) < 4.78 is 0. The number of carboxylic acid groups (broad SMARTS) is 2. The fourth-order valence-electron chi connectivity index (χ4n) is 4.04. The van der Waals surface area contributed by atoms with Crippen molar-refractivity contribution >= 4 is 11.9 Å². The summed E-state index contributed by atoms with van der Waals surface area (Å²) in [7, 11) is 0. The highest BCUT2D eigenvalue weighted by atomic mass is 16.4. The van der Waals surface area contributed by atoms with E-state index in [0.717, 1.165) is 24.8 Å². The summed E-state index contributed by atoms with van der Waals surface area (Å²) in [6.45, 7) is 12.9. The van der Waals surface area contributed by atoms with Crippen LogP contribution < -0.4 is 0 Å². The van der Waals surface area contributed by atoms with Crippen molar-refractivity contribution < 1.29 is 19.8 Å². The lowest BCUT2D eigenvalue weighted by Crippen LogP contribution is -2.17. The maximum atomic E-state index is 11.9. The van der Waals surface area contributed by atoms with Crippen LogP contribution in [0.15, 0.2) is 12.1 Å². The van der Waals surface area contributed by atoms with Crippen LogP contribution in [-0.2, 0) is 12.8 Å². The smallest absolute Gasteiger partial charge is 0.336 e. The predicted octanol–water partition coefficient (Wildman–Crippen LogP) is 5.53. The fraction of sp³-hybridized carbons (Fsp3) is 0.636. The topological polar surface area (TPSA) is 74.6 Å². The lowest BCUT2D eigenvalue weighted by Gasteiger charge is -2.22. The zero-order valence-electron chi connectivity index (χ0n) is 17.0. The fourth-order valence-corrected chi connectivity index (χ4v) is 4.04. The average molecular weight is 363 g/mol. The van der Waals surface area contributed by atoms with Gasteiger partial charge in [0.05, 0.1) is 11.1 Å². The molecule has 0 radical (unpaired) electrons. The second-order valence-corrected chi connectivity index (χ2v) is 8.61. The van der Waals surface area contributed by atoms with E-state index in [1.807, 2.05) is 6.07 Å². The van der Waals surface area contributed by atoms with Crippen molar-refractivity contribution in [1.82, 2.24) is 0 Å². The molecule has 0 heterocycles. The second kappa shape index (κ2) is 9.75. The normalized spacial score (nSPS) is 13.8. The minimum atomic E-state index is -1.18. The summed E-state index contributed by atoms with van der Waals surface area (Å²) in [4.78, 5) is 23.5. The Morgan fingerprint density at radius 1 is 0.808 bits per heavy atom. The Hall–Kier alpha value is -1.84. The van der Waals surface area contributed by atoms with Gasteiger partial charge in [-0.2, -0.15) is 0 Å². The van der Waals surface area contributed by atoms with Crippen molar-refractivity contribution in [3.05, 3.63) is 34.4 Å². The largest absolute Gasteiger partial charge is 0.478 e. The van der Waals surface area contributed by atoms with Gasteiger partial charge in [-0.05, 0) is 66.5 Å². The maximum Gasteiger partial charge on any atom is 0.336 e. The molecule has 0 amide bonds. The Kier molecular flexibility index (Phi) is 8.32. The molecule has 0 aliphatic carbocycles. The molecule has 2 unspecified atom stereocenters. The van der Waals surface area contributed by atoms with Crippen LogP contribution in [0.1, 0.15) is 86.2 Å². The molecule has 0 spiro atoms. The molecule has 146 valence electrons. The molecular formula is C22H34O4. The van der Waals surface area contributed by atoms with Crippen LogP contribution >= 0.6 is 0 Å². The molecule has 1 aromatic rings. The van der Waals surface area contributed by atoms with Gasteiger partial charge in [0.1, 0.15) is 0 Å². The highest BCUT2D eigenvalue weighted by Crippen LogP contribution is 2.28. The SMILES string of the molecule is CC(C)CC(C)Cc1ccc(C(=O)O)c(C(=O)O)c1CC(C)CC(C)C. The van der Waals surface area contributed by atoms with E-state index in [9.17, 15) is 19.8 Å². The van der Waals surface area contributed by atoms with Crippen molar-refractivity contribution in [1.29, 1.82) is 0 Å². The third-order valence-corrected chi connectivity index (χ3v) is 4.72. The third-order valence-electron chi connectivity index (χ3n) is 4.72. The molecule has 4 nitrogen and oxygen atoms in total. The van der Waals surface area contributed by atoms with Gasteiger partial charge >= 0.3 is 11.9 Å². The predicted molar refractivity (Wildman–Crippen MR) is 105 cm³/mol. The highest BCUT2D eigenvalue weighted by molar-refractivity contribution is 6.03. The summed E-state index contributed by atoms with van der Waals surface area (Å²) in [6.07, 6.45) is 3.42. The number of rotatable bonds is 10. The quantitative estimate of drug-likeness (QED) is 0.573. The summed E-state index contributed by atoms with van der Waals surface area (Å²) in [5.41, 5.74) is 1.56.